The predicted octanol–water partition coefficient (Wildman–Crippen LogP) is 3.12. The van der Waals surface area contributed by atoms with Crippen LogP contribution in [0.2, 0.25) is 0 Å². The first-order valence-corrected chi connectivity index (χ1v) is 7.45. The fourth-order valence-corrected chi connectivity index (χ4v) is 1.87. The number of nitriles is 1. The van der Waals surface area contributed by atoms with Crippen molar-refractivity contribution in [3.63, 3.8) is 0 Å². The van der Waals surface area contributed by atoms with Gasteiger partial charge in [-0.05, 0) is 25.9 Å². The third-order valence-electron chi connectivity index (χ3n) is 2.82. The minimum absolute atomic E-state index is 0.0994. The highest BCUT2D eigenvalue weighted by molar-refractivity contribution is 5.68. The van der Waals surface area contributed by atoms with Crippen molar-refractivity contribution in [3.05, 3.63) is 35.9 Å². The summed E-state index contributed by atoms with van der Waals surface area (Å²) in [6.07, 6.45) is -0.531. The maximum Gasteiger partial charge on any atom is 0.407 e. The van der Waals surface area contributed by atoms with E-state index in [4.69, 9.17) is 14.0 Å². The summed E-state index contributed by atoms with van der Waals surface area (Å²) < 4.78 is 15.7. The van der Waals surface area contributed by atoms with E-state index in [2.05, 4.69) is 10.5 Å². The van der Waals surface area contributed by atoms with E-state index in [9.17, 15) is 10.1 Å². The molecule has 7 heteroatoms. The molecule has 1 N–H and O–H groups in total. The Hall–Kier alpha value is -3.01. The number of nitrogens with one attached hydrogen (secondary N) is 1. The van der Waals surface area contributed by atoms with Crippen LogP contribution in [0, 0.1) is 11.3 Å². The average molecular weight is 329 g/mol. The van der Waals surface area contributed by atoms with Gasteiger partial charge in [0.05, 0.1) is 6.54 Å². The van der Waals surface area contributed by atoms with Crippen LogP contribution in [0.25, 0.3) is 11.3 Å². The van der Waals surface area contributed by atoms with Crippen LogP contribution in [0.5, 0.6) is 5.88 Å². The van der Waals surface area contributed by atoms with Gasteiger partial charge in [-0.3, -0.25) is 0 Å². The number of carbonyl (C=O) groups is 1. The molecule has 0 fully saturated rings. The van der Waals surface area contributed by atoms with Crippen LogP contribution in [-0.4, -0.2) is 30.0 Å². The molecule has 1 aromatic carbocycles. The summed E-state index contributed by atoms with van der Waals surface area (Å²) in [5.74, 6) is 0.454. The van der Waals surface area contributed by atoms with Crippen LogP contribution < -0.4 is 10.1 Å². The molecule has 0 atom stereocenters. The Bertz CT molecular complexity index is 727. The molecule has 0 bridgehead atoms. The van der Waals surface area contributed by atoms with Crippen molar-refractivity contribution in [2.75, 3.05) is 13.2 Å². The molecule has 0 unspecified atom stereocenters. The molecule has 1 heterocycles. The maximum absolute atomic E-state index is 11.5. The second-order valence-electron chi connectivity index (χ2n) is 5.95. The first kappa shape index (κ1) is 17.3. The van der Waals surface area contributed by atoms with Gasteiger partial charge in [0.2, 0.25) is 0 Å². The van der Waals surface area contributed by atoms with Gasteiger partial charge in [0, 0.05) is 5.56 Å². The van der Waals surface area contributed by atoms with Gasteiger partial charge in [0.25, 0.3) is 5.88 Å². The number of hydrogen-bond donors (Lipinski definition) is 1. The predicted molar refractivity (Wildman–Crippen MR) is 86.4 cm³/mol. The summed E-state index contributed by atoms with van der Waals surface area (Å²) in [5.41, 5.74) is 0.400. The summed E-state index contributed by atoms with van der Waals surface area (Å²) in [6.45, 7) is 5.69. The molecule has 7 nitrogen and oxygen atoms in total. The van der Waals surface area contributed by atoms with Crippen molar-refractivity contribution in [2.45, 2.75) is 26.4 Å². The molecule has 0 radical (unpaired) electrons. The second-order valence-corrected chi connectivity index (χ2v) is 5.95. The third kappa shape index (κ3) is 4.74. The summed E-state index contributed by atoms with van der Waals surface area (Å²) in [7, 11) is 0. The molecule has 2 rings (SSSR count). The van der Waals surface area contributed by atoms with Gasteiger partial charge in [0.1, 0.15) is 18.3 Å². The highest BCUT2D eigenvalue weighted by Crippen LogP contribution is 2.29. The topological polar surface area (TPSA) is 97.4 Å². The van der Waals surface area contributed by atoms with Crippen LogP contribution in [-0.2, 0) is 4.74 Å². The average Bonchev–Trinajstić information content (AvgIpc) is 2.93. The molecule has 0 aliphatic heterocycles. The first-order valence-electron chi connectivity index (χ1n) is 7.45. The van der Waals surface area contributed by atoms with Gasteiger partial charge < -0.3 is 19.3 Å². The van der Waals surface area contributed by atoms with Crippen molar-refractivity contribution < 1.29 is 18.8 Å². The summed E-state index contributed by atoms with van der Waals surface area (Å²) in [4.78, 5) is 11.5. The molecule has 0 spiro atoms. The first-order chi connectivity index (χ1) is 11.4. The highest BCUT2D eigenvalue weighted by Gasteiger charge is 2.19. The molecular weight excluding hydrogens is 310 g/mol. The lowest BCUT2D eigenvalue weighted by molar-refractivity contribution is 0.0519. The fraction of sp³-hybridized carbons (Fsp3) is 0.353. The molecule has 1 aromatic heterocycles. The van der Waals surface area contributed by atoms with Crippen molar-refractivity contribution in [1.29, 1.82) is 5.26 Å². The quantitative estimate of drug-likeness (QED) is 0.846. The van der Waals surface area contributed by atoms with Gasteiger partial charge >= 0.3 is 6.09 Å². The Morgan fingerprint density at radius 2 is 2.04 bits per heavy atom. The van der Waals surface area contributed by atoms with E-state index in [0.717, 1.165) is 5.56 Å². The van der Waals surface area contributed by atoms with E-state index >= 15 is 0 Å². The van der Waals surface area contributed by atoms with Crippen LogP contribution >= 0.6 is 0 Å². The van der Waals surface area contributed by atoms with Crippen molar-refractivity contribution >= 4 is 6.09 Å². The van der Waals surface area contributed by atoms with E-state index in [0.29, 0.717) is 5.76 Å². The van der Waals surface area contributed by atoms with Gasteiger partial charge in [0.15, 0.2) is 11.3 Å². The van der Waals surface area contributed by atoms with E-state index < -0.39 is 11.7 Å². The number of aromatic nitrogens is 1. The lowest BCUT2D eigenvalue weighted by atomic mass is 10.1. The summed E-state index contributed by atoms with van der Waals surface area (Å²) in [5, 5.41) is 15.6. The number of benzene rings is 1. The molecular formula is C17H19N3O4. The van der Waals surface area contributed by atoms with Crippen molar-refractivity contribution in [1.82, 2.24) is 10.5 Å². The van der Waals surface area contributed by atoms with E-state index in [-0.39, 0.29) is 24.6 Å². The molecule has 126 valence electrons. The van der Waals surface area contributed by atoms with Crippen LogP contribution in [0.3, 0.4) is 0 Å². The largest absolute Gasteiger partial charge is 0.473 e. The third-order valence-corrected chi connectivity index (χ3v) is 2.82. The van der Waals surface area contributed by atoms with Crippen molar-refractivity contribution in [3.8, 4) is 23.3 Å². The van der Waals surface area contributed by atoms with Gasteiger partial charge in [-0.1, -0.05) is 30.3 Å². The van der Waals surface area contributed by atoms with Crippen LogP contribution in [0.1, 0.15) is 26.3 Å². The van der Waals surface area contributed by atoms with Crippen LogP contribution in [0.15, 0.2) is 34.9 Å². The van der Waals surface area contributed by atoms with E-state index in [1.165, 1.54) is 0 Å². The molecule has 2 aromatic rings. The molecule has 24 heavy (non-hydrogen) atoms. The van der Waals surface area contributed by atoms with Gasteiger partial charge in [-0.2, -0.15) is 5.26 Å². The summed E-state index contributed by atoms with van der Waals surface area (Å²) in [6, 6.07) is 11.2. The number of nitrogens with zero attached hydrogens (tertiary/aromatic N) is 2. The smallest absolute Gasteiger partial charge is 0.407 e. The number of alkyl carbamates (subject to hydrolysis) is 1. The zero-order valence-electron chi connectivity index (χ0n) is 13.8. The Kier molecular flexibility index (Phi) is 5.42. The maximum atomic E-state index is 11.5. The highest BCUT2D eigenvalue weighted by atomic mass is 16.6. The normalized spacial score (nSPS) is 10.8. The number of ether oxygens (including phenoxy) is 2. The number of rotatable bonds is 5. The van der Waals surface area contributed by atoms with Gasteiger partial charge in [-0.25, -0.2) is 4.79 Å². The number of amides is 1. The SMILES string of the molecule is CC(C)(C)OC(=O)NCCOc1noc(-c2ccccc2)c1C#N. The molecule has 0 saturated carbocycles. The van der Waals surface area contributed by atoms with Crippen LogP contribution in [0.4, 0.5) is 4.79 Å². The zero-order chi connectivity index (χ0) is 17.6. The Labute approximate surface area is 140 Å². The number of carbonyl (C=O) groups excluding carboxylic acids is 1. The Morgan fingerprint density at radius 3 is 2.67 bits per heavy atom. The monoisotopic (exact) mass is 329 g/mol. The van der Waals surface area contributed by atoms with Crippen molar-refractivity contribution in [2.24, 2.45) is 0 Å². The minimum Gasteiger partial charge on any atom is -0.473 e. The lowest BCUT2D eigenvalue weighted by Gasteiger charge is -2.19. The lowest BCUT2D eigenvalue weighted by Crippen LogP contribution is -2.34. The molecule has 0 aliphatic rings. The van der Waals surface area contributed by atoms with Gasteiger partial charge in [-0.15, -0.1) is 0 Å². The van der Waals surface area contributed by atoms with E-state index in [1.54, 1.807) is 20.8 Å². The molecule has 1 amide bonds. The standard InChI is InChI=1S/C17H19N3O4/c1-17(2,3)23-16(21)19-9-10-22-15-13(11-18)14(24-20-15)12-7-5-4-6-8-12/h4-8H,9-10H2,1-3H3,(H,19,21). The molecule has 0 saturated heterocycles. The summed E-state index contributed by atoms with van der Waals surface area (Å²) >= 11 is 0. The molecule has 0 aliphatic carbocycles. The minimum atomic E-state index is -0.560. The second kappa shape index (κ2) is 7.51. The zero-order valence-corrected chi connectivity index (χ0v) is 13.8. The number of hydrogen-bond acceptors (Lipinski definition) is 6. The van der Waals surface area contributed by atoms with E-state index in [1.807, 2.05) is 36.4 Å². The Balaban J connectivity index is 1.91. The Morgan fingerprint density at radius 1 is 1.33 bits per heavy atom. The fourth-order valence-electron chi connectivity index (χ4n) is 1.87.